The molecule has 20 heavy (non-hydrogen) atoms. The molecule has 0 saturated carbocycles. The molecule has 2 fully saturated rings. The fourth-order valence-corrected chi connectivity index (χ4v) is 3.04. The van der Waals surface area contributed by atoms with E-state index in [1.165, 1.54) is 5.56 Å². The number of hydrogen-bond donors (Lipinski definition) is 2. The molecule has 110 valence electrons. The zero-order valence-corrected chi connectivity index (χ0v) is 11.7. The SMILES string of the molecule is O=C(CC1COCCN1)N1CCC(c2cn[nH]c2)CC1. The molecule has 2 aliphatic rings. The topological polar surface area (TPSA) is 70.2 Å². The van der Waals surface area contributed by atoms with Crippen LogP contribution in [-0.4, -0.2) is 59.9 Å². The lowest BCUT2D eigenvalue weighted by Crippen LogP contribution is -2.46. The van der Waals surface area contributed by atoms with Gasteiger partial charge in [-0.05, 0) is 24.3 Å². The highest BCUT2D eigenvalue weighted by molar-refractivity contribution is 5.77. The number of aromatic nitrogens is 2. The maximum Gasteiger partial charge on any atom is 0.224 e. The van der Waals surface area contributed by atoms with Crippen molar-refractivity contribution in [1.29, 1.82) is 0 Å². The second-order valence-electron chi connectivity index (χ2n) is 5.62. The molecule has 2 N–H and O–H groups in total. The Balaban J connectivity index is 1.46. The molecule has 0 aliphatic carbocycles. The number of likely N-dealkylation sites (tertiary alicyclic amines) is 1. The third kappa shape index (κ3) is 3.19. The van der Waals surface area contributed by atoms with Crippen LogP contribution in [0.5, 0.6) is 0 Å². The number of H-pyrrole nitrogens is 1. The van der Waals surface area contributed by atoms with Crippen molar-refractivity contribution in [2.45, 2.75) is 31.2 Å². The van der Waals surface area contributed by atoms with Gasteiger partial charge in [0, 0.05) is 38.3 Å². The molecule has 1 unspecified atom stereocenters. The van der Waals surface area contributed by atoms with Gasteiger partial charge in [0.05, 0.1) is 19.4 Å². The minimum atomic E-state index is 0.183. The van der Waals surface area contributed by atoms with E-state index in [-0.39, 0.29) is 11.9 Å². The average molecular weight is 278 g/mol. The lowest BCUT2D eigenvalue weighted by molar-refractivity contribution is -0.133. The molecule has 1 amide bonds. The predicted molar refractivity (Wildman–Crippen MR) is 74.4 cm³/mol. The van der Waals surface area contributed by atoms with E-state index in [9.17, 15) is 4.79 Å². The van der Waals surface area contributed by atoms with Crippen molar-refractivity contribution in [1.82, 2.24) is 20.4 Å². The number of piperidine rings is 1. The number of amides is 1. The van der Waals surface area contributed by atoms with Gasteiger partial charge in [-0.15, -0.1) is 0 Å². The lowest BCUT2D eigenvalue weighted by Gasteiger charge is -2.33. The summed E-state index contributed by atoms with van der Waals surface area (Å²) in [7, 11) is 0. The number of hydrogen-bond acceptors (Lipinski definition) is 4. The molecule has 0 aromatic carbocycles. The summed E-state index contributed by atoms with van der Waals surface area (Å²) in [6, 6.07) is 0.183. The number of aromatic amines is 1. The molecule has 3 heterocycles. The molecule has 0 bridgehead atoms. The van der Waals surface area contributed by atoms with Crippen LogP contribution >= 0.6 is 0 Å². The predicted octanol–water partition coefficient (Wildman–Crippen LogP) is 0.494. The van der Waals surface area contributed by atoms with Crippen LogP contribution in [0, 0.1) is 0 Å². The average Bonchev–Trinajstić information content (AvgIpc) is 3.03. The Kier molecular flexibility index (Phi) is 4.32. The molecule has 2 saturated heterocycles. The number of rotatable bonds is 3. The Hall–Kier alpha value is -1.40. The fraction of sp³-hybridized carbons (Fsp3) is 0.714. The number of nitrogens with zero attached hydrogens (tertiary/aromatic N) is 2. The molecule has 1 aromatic rings. The summed E-state index contributed by atoms with van der Waals surface area (Å²) >= 11 is 0. The van der Waals surface area contributed by atoms with Crippen molar-refractivity contribution >= 4 is 5.91 Å². The first-order valence-corrected chi connectivity index (χ1v) is 7.40. The fourth-order valence-electron chi connectivity index (χ4n) is 3.04. The summed E-state index contributed by atoms with van der Waals surface area (Å²) in [5, 5.41) is 10.2. The van der Waals surface area contributed by atoms with E-state index < -0.39 is 0 Å². The summed E-state index contributed by atoms with van der Waals surface area (Å²) in [5.41, 5.74) is 1.26. The van der Waals surface area contributed by atoms with Crippen molar-refractivity contribution in [2.75, 3.05) is 32.8 Å². The number of carbonyl (C=O) groups excluding carboxylic acids is 1. The smallest absolute Gasteiger partial charge is 0.224 e. The normalized spacial score (nSPS) is 24.8. The van der Waals surface area contributed by atoms with Gasteiger partial charge in [-0.3, -0.25) is 9.89 Å². The largest absolute Gasteiger partial charge is 0.378 e. The Morgan fingerprint density at radius 1 is 1.45 bits per heavy atom. The van der Waals surface area contributed by atoms with E-state index in [4.69, 9.17) is 4.74 Å². The minimum absolute atomic E-state index is 0.183. The van der Waals surface area contributed by atoms with Crippen molar-refractivity contribution in [3.8, 4) is 0 Å². The molecule has 0 spiro atoms. The molecular weight excluding hydrogens is 256 g/mol. The molecule has 0 radical (unpaired) electrons. The summed E-state index contributed by atoms with van der Waals surface area (Å²) < 4.78 is 5.39. The maximum atomic E-state index is 12.3. The maximum absolute atomic E-state index is 12.3. The van der Waals surface area contributed by atoms with Crippen molar-refractivity contribution < 1.29 is 9.53 Å². The molecule has 2 aliphatic heterocycles. The monoisotopic (exact) mass is 278 g/mol. The van der Waals surface area contributed by atoms with Crippen LogP contribution in [0.4, 0.5) is 0 Å². The van der Waals surface area contributed by atoms with E-state index in [1.54, 1.807) is 0 Å². The van der Waals surface area contributed by atoms with Gasteiger partial charge in [-0.25, -0.2) is 0 Å². The van der Waals surface area contributed by atoms with Crippen LogP contribution in [-0.2, 0) is 9.53 Å². The quantitative estimate of drug-likeness (QED) is 0.844. The van der Waals surface area contributed by atoms with E-state index in [0.717, 1.165) is 39.1 Å². The molecule has 6 heteroatoms. The Labute approximate surface area is 118 Å². The van der Waals surface area contributed by atoms with Gasteiger partial charge in [0.2, 0.25) is 5.91 Å². The lowest BCUT2D eigenvalue weighted by atomic mass is 9.91. The Morgan fingerprint density at radius 3 is 2.95 bits per heavy atom. The zero-order chi connectivity index (χ0) is 13.8. The van der Waals surface area contributed by atoms with Gasteiger partial charge in [0.1, 0.15) is 0 Å². The van der Waals surface area contributed by atoms with Gasteiger partial charge in [-0.1, -0.05) is 0 Å². The molecule has 1 atom stereocenters. The van der Waals surface area contributed by atoms with Gasteiger partial charge >= 0.3 is 0 Å². The Morgan fingerprint density at radius 2 is 2.30 bits per heavy atom. The van der Waals surface area contributed by atoms with Gasteiger partial charge < -0.3 is 15.0 Å². The third-order valence-electron chi connectivity index (χ3n) is 4.26. The first-order valence-electron chi connectivity index (χ1n) is 7.40. The first-order chi connectivity index (χ1) is 9.83. The van der Waals surface area contributed by atoms with Crippen LogP contribution in [0.1, 0.15) is 30.7 Å². The molecular formula is C14H22N4O2. The van der Waals surface area contributed by atoms with E-state index in [1.807, 2.05) is 17.3 Å². The van der Waals surface area contributed by atoms with Gasteiger partial charge in [0.15, 0.2) is 0 Å². The molecule has 1 aromatic heterocycles. The summed E-state index contributed by atoms with van der Waals surface area (Å²) in [6.07, 6.45) is 6.47. The number of carbonyl (C=O) groups is 1. The second-order valence-corrected chi connectivity index (χ2v) is 5.62. The summed E-state index contributed by atoms with van der Waals surface area (Å²) in [6.45, 7) is 3.95. The van der Waals surface area contributed by atoms with Crippen LogP contribution in [0.3, 0.4) is 0 Å². The molecule has 6 nitrogen and oxygen atoms in total. The van der Waals surface area contributed by atoms with Crippen molar-refractivity contribution in [3.63, 3.8) is 0 Å². The van der Waals surface area contributed by atoms with Crippen LogP contribution in [0.25, 0.3) is 0 Å². The number of morpholine rings is 1. The summed E-state index contributed by atoms with van der Waals surface area (Å²) in [4.78, 5) is 14.3. The number of nitrogens with one attached hydrogen (secondary N) is 2. The first kappa shape index (κ1) is 13.6. The van der Waals surface area contributed by atoms with Gasteiger partial charge in [-0.2, -0.15) is 5.10 Å². The number of ether oxygens (including phenoxy) is 1. The van der Waals surface area contributed by atoms with E-state index in [2.05, 4.69) is 15.5 Å². The minimum Gasteiger partial charge on any atom is -0.378 e. The second kappa shape index (κ2) is 6.37. The van der Waals surface area contributed by atoms with E-state index >= 15 is 0 Å². The highest BCUT2D eigenvalue weighted by Crippen LogP contribution is 2.27. The van der Waals surface area contributed by atoms with Crippen molar-refractivity contribution in [3.05, 3.63) is 18.0 Å². The standard InChI is InChI=1S/C14H22N4O2/c19-14(7-13-10-20-6-3-15-13)18-4-1-11(2-5-18)12-8-16-17-9-12/h8-9,11,13,15H,1-7,10H2,(H,16,17). The highest BCUT2D eigenvalue weighted by Gasteiger charge is 2.26. The van der Waals surface area contributed by atoms with Crippen LogP contribution in [0.15, 0.2) is 12.4 Å². The third-order valence-corrected chi connectivity index (χ3v) is 4.26. The van der Waals surface area contributed by atoms with Crippen LogP contribution < -0.4 is 5.32 Å². The van der Waals surface area contributed by atoms with Gasteiger partial charge in [0.25, 0.3) is 0 Å². The highest BCUT2D eigenvalue weighted by atomic mass is 16.5. The van der Waals surface area contributed by atoms with Crippen molar-refractivity contribution in [2.24, 2.45) is 0 Å². The van der Waals surface area contributed by atoms with Crippen LogP contribution in [0.2, 0.25) is 0 Å². The zero-order valence-electron chi connectivity index (χ0n) is 11.7. The Bertz CT molecular complexity index is 420. The molecule has 3 rings (SSSR count). The van der Waals surface area contributed by atoms with E-state index in [0.29, 0.717) is 18.9 Å². The summed E-state index contributed by atoms with van der Waals surface area (Å²) in [5.74, 6) is 0.785.